The number of alkyl halides is 1. The molecule has 0 fully saturated rings. The second kappa shape index (κ2) is 6.26. The molecule has 2 atom stereocenters. The Morgan fingerprint density at radius 2 is 2.24 bits per heavy atom. The van der Waals surface area contributed by atoms with Crippen molar-refractivity contribution in [2.45, 2.75) is 24.6 Å². The summed E-state index contributed by atoms with van der Waals surface area (Å²) in [6.45, 7) is 3.48. The maximum atomic E-state index is 10.8. The third-order valence-corrected chi connectivity index (χ3v) is 3.28. The number of hydrogen-bond donors (Lipinski definition) is 1. The van der Waals surface area contributed by atoms with Crippen LogP contribution in [0.15, 0.2) is 18.2 Å². The van der Waals surface area contributed by atoms with E-state index in [2.05, 4.69) is 15.9 Å². The van der Waals surface area contributed by atoms with Crippen LogP contribution in [0.3, 0.4) is 0 Å². The summed E-state index contributed by atoms with van der Waals surface area (Å²) in [6, 6.07) is 4.83. The van der Waals surface area contributed by atoms with Gasteiger partial charge in [0.1, 0.15) is 5.75 Å². The third kappa shape index (κ3) is 4.21. The highest BCUT2D eigenvalue weighted by Crippen LogP contribution is 2.33. The zero-order valence-corrected chi connectivity index (χ0v) is 12.0. The summed E-state index contributed by atoms with van der Waals surface area (Å²) in [6.07, 6.45) is 0. The molecular weight excluding hydrogens is 307 g/mol. The third-order valence-electron chi connectivity index (χ3n) is 2.41. The zero-order chi connectivity index (χ0) is 13.0. The molecule has 1 aromatic rings. The van der Waals surface area contributed by atoms with Crippen LogP contribution in [0.5, 0.6) is 5.75 Å². The maximum Gasteiger partial charge on any atom is 0.302 e. The molecule has 5 heteroatoms. The summed E-state index contributed by atoms with van der Waals surface area (Å²) >= 11 is 9.34. The highest BCUT2D eigenvalue weighted by atomic mass is 79.9. The Balaban J connectivity index is 2.96. The van der Waals surface area contributed by atoms with Gasteiger partial charge in [-0.25, -0.2) is 0 Å². The summed E-state index contributed by atoms with van der Waals surface area (Å²) in [5.41, 5.74) is 0.670. The highest BCUT2D eigenvalue weighted by molar-refractivity contribution is 9.09. The molecule has 0 saturated carbocycles. The van der Waals surface area contributed by atoms with Gasteiger partial charge in [-0.2, -0.15) is 0 Å². The number of ether oxygens (including phenoxy) is 1. The Hall–Kier alpha value is -0.740. The lowest BCUT2D eigenvalue weighted by Crippen LogP contribution is -2.17. The number of halogens is 2. The lowest BCUT2D eigenvalue weighted by molar-refractivity contribution is -0.141. The van der Waals surface area contributed by atoms with Crippen LogP contribution < -0.4 is 0 Å². The Morgan fingerprint density at radius 1 is 1.59 bits per heavy atom. The van der Waals surface area contributed by atoms with Gasteiger partial charge in [0.15, 0.2) is 0 Å². The summed E-state index contributed by atoms with van der Waals surface area (Å²) in [7, 11) is 0. The van der Waals surface area contributed by atoms with Crippen molar-refractivity contribution in [3.63, 3.8) is 0 Å². The Bertz CT molecular complexity index is 407. The number of carbonyl (C=O) groups excluding carboxylic acids is 1. The molecule has 0 bridgehead atoms. The molecule has 0 aliphatic heterocycles. The van der Waals surface area contributed by atoms with E-state index in [1.165, 1.54) is 13.0 Å². The first-order chi connectivity index (χ1) is 7.91. The molecule has 3 nitrogen and oxygen atoms in total. The van der Waals surface area contributed by atoms with Gasteiger partial charge in [0.05, 0.1) is 6.61 Å². The average Bonchev–Trinajstić information content (AvgIpc) is 2.22. The Labute approximate surface area is 114 Å². The van der Waals surface area contributed by atoms with Crippen LogP contribution in [0.4, 0.5) is 0 Å². The molecule has 0 saturated heterocycles. The Morgan fingerprint density at radius 3 is 2.76 bits per heavy atom. The van der Waals surface area contributed by atoms with Crippen molar-refractivity contribution in [1.29, 1.82) is 0 Å². The van der Waals surface area contributed by atoms with Crippen molar-refractivity contribution >= 4 is 33.5 Å². The molecule has 0 heterocycles. The molecule has 0 aliphatic carbocycles. The van der Waals surface area contributed by atoms with Crippen LogP contribution in [0.1, 0.15) is 25.3 Å². The van der Waals surface area contributed by atoms with Crippen molar-refractivity contribution in [3.8, 4) is 5.75 Å². The molecule has 17 heavy (non-hydrogen) atoms. The van der Waals surface area contributed by atoms with Crippen LogP contribution in [0.2, 0.25) is 5.02 Å². The van der Waals surface area contributed by atoms with Crippen molar-refractivity contribution < 1.29 is 14.6 Å². The molecule has 2 unspecified atom stereocenters. The minimum atomic E-state index is -0.343. The molecule has 1 rings (SSSR count). The van der Waals surface area contributed by atoms with E-state index >= 15 is 0 Å². The molecule has 0 spiro atoms. The Kier molecular flexibility index (Phi) is 5.28. The molecule has 0 aromatic heterocycles. The van der Waals surface area contributed by atoms with E-state index in [1.54, 1.807) is 12.1 Å². The predicted octanol–water partition coefficient (Wildman–Crippen LogP) is 3.48. The van der Waals surface area contributed by atoms with Crippen LogP contribution in [0.25, 0.3) is 0 Å². The van der Waals surface area contributed by atoms with Gasteiger partial charge in [-0.15, -0.1) is 0 Å². The first-order valence-corrected chi connectivity index (χ1v) is 6.47. The van der Waals surface area contributed by atoms with Crippen LogP contribution in [0, 0.1) is 0 Å². The molecule has 0 amide bonds. The average molecular weight is 322 g/mol. The summed E-state index contributed by atoms with van der Waals surface area (Å²) in [5, 5.41) is 10.3. The van der Waals surface area contributed by atoms with E-state index in [1.807, 2.05) is 6.92 Å². The van der Waals surface area contributed by atoms with Crippen molar-refractivity contribution in [3.05, 3.63) is 28.8 Å². The second-order valence-electron chi connectivity index (χ2n) is 3.79. The van der Waals surface area contributed by atoms with Gasteiger partial charge in [0, 0.05) is 28.3 Å². The molecule has 1 N–H and O–H groups in total. The largest absolute Gasteiger partial charge is 0.508 e. The lowest BCUT2D eigenvalue weighted by atomic mass is 9.96. The van der Waals surface area contributed by atoms with E-state index in [-0.39, 0.29) is 29.1 Å². The first-order valence-electron chi connectivity index (χ1n) is 5.17. The fourth-order valence-electron chi connectivity index (χ4n) is 1.50. The highest BCUT2D eigenvalue weighted by Gasteiger charge is 2.22. The minimum absolute atomic E-state index is 0.0474. The smallest absolute Gasteiger partial charge is 0.302 e. The van der Waals surface area contributed by atoms with E-state index in [4.69, 9.17) is 16.3 Å². The van der Waals surface area contributed by atoms with Gasteiger partial charge in [-0.1, -0.05) is 34.5 Å². The minimum Gasteiger partial charge on any atom is -0.508 e. The van der Waals surface area contributed by atoms with Gasteiger partial charge in [0.25, 0.3) is 0 Å². The molecule has 0 aliphatic rings. The first kappa shape index (κ1) is 14.3. The number of hydrogen-bond acceptors (Lipinski definition) is 3. The fraction of sp³-hybridized carbons (Fsp3) is 0.417. The quantitative estimate of drug-likeness (QED) is 0.682. The standard InChI is InChI=1S/C12H14BrClO3/c1-7(13)11(6-17-8(2)15)10-5-9(14)3-4-12(10)16/h3-5,7,11,16H,6H2,1-2H3. The monoisotopic (exact) mass is 320 g/mol. The number of phenolic OH excluding ortho intramolecular Hbond substituents is 1. The molecule has 94 valence electrons. The number of rotatable bonds is 4. The lowest BCUT2D eigenvalue weighted by Gasteiger charge is -2.20. The topological polar surface area (TPSA) is 46.5 Å². The van der Waals surface area contributed by atoms with Crippen molar-refractivity contribution in [2.75, 3.05) is 6.61 Å². The summed E-state index contributed by atoms with van der Waals surface area (Å²) < 4.78 is 4.99. The summed E-state index contributed by atoms with van der Waals surface area (Å²) in [5.74, 6) is -0.333. The van der Waals surface area contributed by atoms with Crippen molar-refractivity contribution in [2.24, 2.45) is 0 Å². The van der Waals surface area contributed by atoms with E-state index < -0.39 is 0 Å². The van der Waals surface area contributed by atoms with Gasteiger partial charge in [-0.3, -0.25) is 4.79 Å². The van der Waals surface area contributed by atoms with Gasteiger partial charge in [-0.05, 0) is 18.2 Å². The van der Waals surface area contributed by atoms with Crippen molar-refractivity contribution in [1.82, 2.24) is 0 Å². The number of esters is 1. The van der Waals surface area contributed by atoms with E-state index in [0.717, 1.165) is 0 Å². The van der Waals surface area contributed by atoms with Crippen LogP contribution >= 0.6 is 27.5 Å². The van der Waals surface area contributed by atoms with Gasteiger partial charge in [0.2, 0.25) is 0 Å². The predicted molar refractivity (Wildman–Crippen MR) is 70.9 cm³/mol. The molecular formula is C12H14BrClO3. The molecule has 1 aromatic carbocycles. The normalized spacial score (nSPS) is 14.1. The number of aromatic hydroxyl groups is 1. The van der Waals surface area contributed by atoms with E-state index in [9.17, 15) is 9.90 Å². The number of benzene rings is 1. The fourth-order valence-corrected chi connectivity index (χ4v) is 2.12. The maximum absolute atomic E-state index is 10.8. The van der Waals surface area contributed by atoms with E-state index in [0.29, 0.717) is 10.6 Å². The number of phenols is 1. The zero-order valence-electron chi connectivity index (χ0n) is 9.61. The number of carbonyl (C=O) groups is 1. The SMILES string of the molecule is CC(=O)OCC(c1cc(Cl)ccc1O)C(C)Br. The van der Waals surface area contributed by atoms with Crippen LogP contribution in [-0.2, 0) is 9.53 Å². The van der Waals surface area contributed by atoms with Gasteiger partial charge < -0.3 is 9.84 Å². The van der Waals surface area contributed by atoms with Crippen LogP contribution in [-0.4, -0.2) is 22.5 Å². The molecule has 0 radical (unpaired) electrons. The second-order valence-corrected chi connectivity index (χ2v) is 5.67. The summed E-state index contributed by atoms with van der Waals surface area (Å²) in [4.78, 5) is 10.9. The van der Waals surface area contributed by atoms with Gasteiger partial charge >= 0.3 is 5.97 Å².